The van der Waals surface area contributed by atoms with E-state index in [1.165, 1.54) is 0 Å². The van der Waals surface area contributed by atoms with Gasteiger partial charge >= 0.3 is 5.97 Å². The van der Waals surface area contributed by atoms with Crippen LogP contribution in [0.1, 0.15) is 38.3 Å². The summed E-state index contributed by atoms with van der Waals surface area (Å²) in [5, 5.41) is 0. The van der Waals surface area contributed by atoms with Crippen molar-refractivity contribution in [2.24, 2.45) is 10.4 Å². The quantitative estimate of drug-likeness (QED) is 0.696. The predicted octanol–water partition coefficient (Wildman–Crippen LogP) is 4.11. The first-order valence-corrected chi connectivity index (χ1v) is 9.98. The van der Waals surface area contributed by atoms with Gasteiger partial charge in [-0.25, -0.2) is 9.79 Å². The Morgan fingerprint density at radius 2 is 1.47 bits per heavy atom. The molecule has 1 fully saturated rings. The summed E-state index contributed by atoms with van der Waals surface area (Å²) in [5.41, 5.74) is -0.802. The second-order valence-electron chi connectivity index (χ2n) is 8.83. The molecule has 2 aliphatic rings. The maximum atomic E-state index is 13.5. The number of carbonyl (C=O) groups excluding carboxylic acids is 1. The van der Waals surface area contributed by atoms with Gasteiger partial charge in [-0.3, -0.25) is 0 Å². The first-order valence-electron chi connectivity index (χ1n) is 9.98. The summed E-state index contributed by atoms with van der Waals surface area (Å²) >= 11 is 0. The number of rotatable bonds is 5. The lowest BCUT2D eigenvalue weighted by molar-refractivity contribution is -0.150. The molecule has 2 aromatic rings. The lowest BCUT2D eigenvalue weighted by atomic mass is 9.70. The van der Waals surface area contributed by atoms with Crippen molar-refractivity contribution in [2.45, 2.75) is 38.3 Å². The van der Waals surface area contributed by atoms with Crippen LogP contribution in [-0.4, -0.2) is 38.3 Å². The molecule has 0 amide bonds. The smallest absolute Gasteiger partial charge is 0.348 e. The minimum Gasteiger partial charge on any atom is -0.497 e. The molecule has 2 atom stereocenters. The molecule has 1 saturated heterocycles. The molecule has 2 aliphatic heterocycles. The average molecular weight is 409 g/mol. The second kappa shape index (κ2) is 7.13. The van der Waals surface area contributed by atoms with E-state index in [1.54, 1.807) is 14.2 Å². The Bertz CT molecular complexity index is 980. The molecule has 4 rings (SSSR count). The van der Waals surface area contributed by atoms with Crippen molar-refractivity contribution in [1.82, 2.24) is 0 Å². The van der Waals surface area contributed by atoms with E-state index in [1.807, 2.05) is 55.5 Å². The van der Waals surface area contributed by atoms with Crippen LogP contribution >= 0.6 is 0 Å². The normalized spacial score (nSPS) is 27.5. The van der Waals surface area contributed by atoms with Crippen LogP contribution in [0.2, 0.25) is 0 Å². The third-order valence-corrected chi connectivity index (χ3v) is 5.96. The Morgan fingerprint density at radius 3 is 1.97 bits per heavy atom. The molecule has 0 aliphatic carbocycles. The van der Waals surface area contributed by atoms with E-state index in [9.17, 15) is 4.79 Å². The van der Waals surface area contributed by atoms with Crippen LogP contribution in [0.5, 0.6) is 11.5 Å². The van der Waals surface area contributed by atoms with Gasteiger partial charge in [-0.05, 0) is 60.7 Å². The molecule has 0 spiro atoms. The highest BCUT2D eigenvalue weighted by Crippen LogP contribution is 2.53. The maximum absolute atomic E-state index is 13.5. The summed E-state index contributed by atoms with van der Waals surface area (Å²) in [6.07, 6.45) is 0.667. The Balaban J connectivity index is 1.86. The molecule has 2 heterocycles. The Hall–Kier alpha value is -2.86. The molecule has 6 nitrogen and oxygen atoms in total. The van der Waals surface area contributed by atoms with Crippen molar-refractivity contribution in [3.63, 3.8) is 0 Å². The SMILES string of the molecule is COc1ccc(C2=N[C@](c3ccc(OC)cc3)([C@@]3(C)CC(C)(C)CO3)C(=O)O2)cc1. The molecule has 2 aromatic carbocycles. The molecule has 0 unspecified atom stereocenters. The van der Waals surface area contributed by atoms with E-state index in [0.717, 1.165) is 11.3 Å². The van der Waals surface area contributed by atoms with Gasteiger partial charge in [0.2, 0.25) is 11.4 Å². The van der Waals surface area contributed by atoms with Gasteiger partial charge in [-0.1, -0.05) is 26.0 Å². The summed E-state index contributed by atoms with van der Waals surface area (Å²) in [6, 6.07) is 14.7. The minimum absolute atomic E-state index is 0.0765. The molecule has 0 bridgehead atoms. The van der Waals surface area contributed by atoms with E-state index >= 15 is 0 Å². The highest BCUT2D eigenvalue weighted by molar-refractivity contribution is 6.09. The molecule has 0 N–H and O–H groups in total. The van der Waals surface area contributed by atoms with E-state index in [4.69, 9.17) is 23.9 Å². The number of methoxy groups -OCH3 is 2. The number of nitrogens with zero attached hydrogens (tertiary/aromatic N) is 1. The van der Waals surface area contributed by atoms with Gasteiger partial charge in [0.25, 0.3) is 0 Å². The predicted molar refractivity (Wildman–Crippen MR) is 113 cm³/mol. The minimum atomic E-state index is -1.30. The standard InChI is InChI=1S/C24H27NO5/c1-22(2)14-23(3,29-15-22)24(17-8-12-19(28-5)13-9-17)21(26)30-20(25-24)16-6-10-18(27-4)11-7-16/h6-13H,14-15H2,1-5H3/t23-,24+/m1/s1. The number of aliphatic imine (C=N–C) groups is 1. The number of benzene rings is 2. The van der Waals surface area contributed by atoms with Crippen molar-refractivity contribution in [3.05, 3.63) is 59.7 Å². The van der Waals surface area contributed by atoms with Crippen molar-refractivity contribution in [1.29, 1.82) is 0 Å². The number of ether oxygens (including phenoxy) is 4. The summed E-state index contributed by atoms with van der Waals surface area (Å²) in [5.74, 6) is 1.28. The molecule has 30 heavy (non-hydrogen) atoms. The van der Waals surface area contributed by atoms with Crippen molar-refractivity contribution >= 4 is 11.9 Å². The highest BCUT2D eigenvalue weighted by Gasteiger charge is 2.64. The molecular weight excluding hydrogens is 382 g/mol. The molecule has 0 saturated carbocycles. The fraction of sp³-hybridized carbons (Fsp3) is 0.417. The molecular formula is C24H27NO5. The third kappa shape index (κ3) is 3.16. The van der Waals surface area contributed by atoms with Gasteiger partial charge in [0.15, 0.2) is 0 Å². The van der Waals surface area contributed by atoms with E-state index in [0.29, 0.717) is 24.3 Å². The third-order valence-electron chi connectivity index (χ3n) is 5.96. The first-order chi connectivity index (χ1) is 14.2. The Labute approximate surface area is 176 Å². The average Bonchev–Trinajstić information content (AvgIpc) is 3.25. The van der Waals surface area contributed by atoms with Crippen LogP contribution in [0, 0.1) is 5.41 Å². The number of cyclic esters (lactones) is 1. The monoisotopic (exact) mass is 409 g/mol. The van der Waals surface area contributed by atoms with E-state index in [-0.39, 0.29) is 11.3 Å². The van der Waals surface area contributed by atoms with Crippen LogP contribution in [0.25, 0.3) is 0 Å². The zero-order valence-electron chi connectivity index (χ0n) is 18.0. The van der Waals surface area contributed by atoms with Gasteiger partial charge < -0.3 is 18.9 Å². The van der Waals surface area contributed by atoms with Gasteiger partial charge in [0, 0.05) is 5.56 Å². The Kier molecular flexibility index (Phi) is 4.85. The Morgan fingerprint density at radius 1 is 0.900 bits per heavy atom. The number of hydrogen-bond acceptors (Lipinski definition) is 6. The first kappa shape index (κ1) is 20.4. The van der Waals surface area contributed by atoms with Crippen LogP contribution in [0.15, 0.2) is 53.5 Å². The van der Waals surface area contributed by atoms with Crippen molar-refractivity contribution in [2.75, 3.05) is 20.8 Å². The lowest BCUT2D eigenvalue weighted by Crippen LogP contribution is -2.52. The van der Waals surface area contributed by atoms with Gasteiger partial charge in [-0.2, -0.15) is 0 Å². The number of hydrogen-bond donors (Lipinski definition) is 0. The largest absolute Gasteiger partial charge is 0.497 e. The number of esters is 1. The van der Waals surface area contributed by atoms with Gasteiger partial charge in [-0.15, -0.1) is 0 Å². The van der Waals surface area contributed by atoms with Crippen LogP contribution in [-0.2, 0) is 19.8 Å². The van der Waals surface area contributed by atoms with Crippen LogP contribution in [0.3, 0.4) is 0 Å². The molecule has 6 heteroatoms. The highest BCUT2D eigenvalue weighted by atomic mass is 16.6. The van der Waals surface area contributed by atoms with E-state index in [2.05, 4.69) is 13.8 Å². The summed E-state index contributed by atoms with van der Waals surface area (Å²) < 4.78 is 22.6. The fourth-order valence-electron chi connectivity index (χ4n) is 4.50. The molecule has 0 radical (unpaired) electrons. The molecule has 0 aromatic heterocycles. The summed E-state index contributed by atoms with van der Waals surface area (Å²) in [7, 11) is 3.22. The van der Waals surface area contributed by atoms with Crippen molar-refractivity contribution in [3.8, 4) is 11.5 Å². The van der Waals surface area contributed by atoms with Crippen LogP contribution < -0.4 is 9.47 Å². The summed E-state index contributed by atoms with van der Waals surface area (Å²) in [6.45, 7) is 6.76. The van der Waals surface area contributed by atoms with Gasteiger partial charge in [0.05, 0.1) is 20.8 Å². The second-order valence-corrected chi connectivity index (χ2v) is 8.83. The maximum Gasteiger partial charge on any atom is 0.348 e. The number of carbonyl (C=O) groups is 1. The van der Waals surface area contributed by atoms with E-state index < -0.39 is 17.1 Å². The molecule has 158 valence electrons. The summed E-state index contributed by atoms with van der Waals surface area (Å²) in [4.78, 5) is 18.4. The zero-order chi connectivity index (χ0) is 21.6. The topological polar surface area (TPSA) is 66.3 Å². The van der Waals surface area contributed by atoms with Gasteiger partial charge in [0.1, 0.15) is 17.1 Å². The van der Waals surface area contributed by atoms with Crippen molar-refractivity contribution < 1.29 is 23.7 Å². The lowest BCUT2D eigenvalue weighted by Gasteiger charge is -2.38. The van der Waals surface area contributed by atoms with Crippen LogP contribution in [0.4, 0.5) is 0 Å². The fourth-order valence-corrected chi connectivity index (χ4v) is 4.50. The zero-order valence-corrected chi connectivity index (χ0v) is 18.0.